The number of carbonyl (C=O) groups is 2. The van der Waals surface area contributed by atoms with Crippen LogP contribution in [0.4, 0.5) is 4.79 Å². The summed E-state index contributed by atoms with van der Waals surface area (Å²) in [6.45, 7) is 8.70. The van der Waals surface area contributed by atoms with Gasteiger partial charge in [0.1, 0.15) is 42.5 Å². The van der Waals surface area contributed by atoms with Crippen LogP contribution in [0, 0.1) is 0 Å². The van der Waals surface area contributed by atoms with Crippen molar-refractivity contribution >= 4 is 12.1 Å². The lowest BCUT2D eigenvalue weighted by molar-refractivity contribution is -0.230. The molecule has 0 aromatic heterocycles. The number of rotatable bonds is 4. The molecule has 4 rings (SSSR count). The molecule has 0 unspecified atom stereocenters. The number of hydrogen-bond donors (Lipinski definition) is 2. The molecule has 0 aromatic rings. The van der Waals surface area contributed by atoms with Crippen LogP contribution in [0.2, 0.25) is 0 Å². The molecule has 1 aliphatic carbocycles. The Morgan fingerprint density at radius 1 is 1.09 bits per heavy atom. The molecule has 0 spiro atoms. The third-order valence-electron chi connectivity index (χ3n) is 6.10. The van der Waals surface area contributed by atoms with Gasteiger partial charge in [-0.25, -0.2) is 4.79 Å². The van der Waals surface area contributed by atoms with Gasteiger partial charge in [-0.1, -0.05) is 6.42 Å². The maximum absolute atomic E-state index is 12.7. The predicted octanol–water partition coefficient (Wildman–Crippen LogP) is 2.11. The Labute approximate surface area is 188 Å². The Morgan fingerprint density at radius 3 is 2.44 bits per heavy atom. The van der Waals surface area contributed by atoms with Crippen molar-refractivity contribution in [1.82, 2.24) is 5.32 Å². The first-order valence-corrected chi connectivity index (χ1v) is 11.5. The zero-order valence-corrected chi connectivity index (χ0v) is 19.4. The van der Waals surface area contributed by atoms with Crippen molar-refractivity contribution in [1.29, 1.82) is 0 Å². The summed E-state index contributed by atoms with van der Waals surface area (Å²) in [5, 5.41) is 14.0. The normalized spacial score (nSPS) is 38.8. The van der Waals surface area contributed by atoms with E-state index in [4.69, 9.17) is 28.4 Å². The number of carbonyl (C=O) groups excluding carboxylic acids is 2. The van der Waals surface area contributed by atoms with E-state index in [0.29, 0.717) is 0 Å². The van der Waals surface area contributed by atoms with E-state index in [1.54, 1.807) is 34.6 Å². The van der Waals surface area contributed by atoms with E-state index in [1.807, 2.05) is 0 Å². The molecule has 1 saturated carbocycles. The molecule has 10 nitrogen and oxygen atoms in total. The fourth-order valence-corrected chi connectivity index (χ4v) is 4.87. The quantitative estimate of drug-likeness (QED) is 0.609. The van der Waals surface area contributed by atoms with Gasteiger partial charge in [-0.2, -0.15) is 0 Å². The number of ether oxygens (including phenoxy) is 6. The highest BCUT2D eigenvalue weighted by Gasteiger charge is 2.67. The summed E-state index contributed by atoms with van der Waals surface area (Å²) < 4.78 is 34.5. The Kier molecular flexibility index (Phi) is 6.21. The van der Waals surface area contributed by atoms with Crippen molar-refractivity contribution in [3.05, 3.63) is 0 Å². The summed E-state index contributed by atoms with van der Waals surface area (Å²) in [7, 11) is 0. The molecule has 3 aliphatic heterocycles. The number of amides is 1. The van der Waals surface area contributed by atoms with Crippen LogP contribution in [0.15, 0.2) is 0 Å². The van der Waals surface area contributed by atoms with E-state index in [2.05, 4.69) is 5.32 Å². The van der Waals surface area contributed by atoms with Crippen LogP contribution in [0.3, 0.4) is 0 Å². The van der Waals surface area contributed by atoms with Gasteiger partial charge in [0, 0.05) is 0 Å². The summed E-state index contributed by atoms with van der Waals surface area (Å²) >= 11 is 0. The van der Waals surface area contributed by atoms with Crippen LogP contribution in [-0.4, -0.2) is 71.1 Å². The molecule has 3 saturated heterocycles. The molecule has 3 heterocycles. The number of esters is 1. The van der Waals surface area contributed by atoms with E-state index in [0.717, 1.165) is 32.1 Å². The minimum atomic E-state index is -2.04. The van der Waals surface area contributed by atoms with Gasteiger partial charge in [0.2, 0.25) is 0 Å². The van der Waals surface area contributed by atoms with E-state index in [1.165, 1.54) is 0 Å². The molecule has 10 heteroatoms. The number of hydrogen-bond acceptors (Lipinski definition) is 9. The van der Waals surface area contributed by atoms with Crippen LogP contribution in [0.5, 0.6) is 0 Å². The van der Waals surface area contributed by atoms with Crippen LogP contribution in [-0.2, 0) is 33.2 Å². The van der Waals surface area contributed by atoms with Crippen LogP contribution in [0.1, 0.15) is 73.1 Å². The molecule has 1 amide bonds. The molecule has 32 heavy (non-hydrogen) atoms. The van der Waals surface area contributed by atoms with Crippen molar-refractivity contribution in [2.24, 2.45) is 0 Å². The van der Waals surface area contributed by atoms with Gasteiger partial charge in [-0.15, -0.1) is 0 Å². The molecule has 0 radical (unpaired) electrons. The molecule has 0 bridgehead atoms. The lowest BCUT2D eigenvalue weighted by Gasteiger charge is -2.32. The fourth-order valence-electron chi connectivity index (χ4n) is 4.87. The maximum atomic E-state index is 12.7. The van der Waals surface area contributed by atoms with Gasteiger partial charge in [0.25, 0.3) is 0 Å². The van der Waals surface area contributed by atoms with Crippen molar-refractivity contribution in [3.63, 3.8) is 0 Å². The molecule has 6 atom stereocenters. The molecule has 182 valence electrons. The predicted molar refractivity (Wildman–Crippen MR) is 109 cm³/mol. The summed E-state index contributed by atoms with van der Waals surface area (Å²) in [5.41, 5.74) is -0.746. The highest BCUT2D eigenvalue weighted by atomic mass is 16.9. The van der Waals surface area contributed by atoms with Gasteiger partial charge in [0.15, 0.2) is 17.9 Å². The van der Waals surface area contributed by atoms with E-state index in [-0.39, 0.29) is 6.10 Å². The standard InChI is InChI=1S/C22H35NO9/c1-20(2,3)32-19(25)23-17-15-14(16-18(28-15)31-21(4,5)29-16)30-22(17,26)11-13(24)27-12-9-7-6-8-10-12/h12,14-18,26H,6-11H2,1-5H3,(H,23,25)/t14-,15-,16+,17-,18+,22+/m0/s1/i13+2. The second-order valence-corrected chi connectivity index (χ2v) is 10.5. The number of nitrogens with one attached hydrogen (secondary N) is 1. The lowest BCUT2D eigenvalue weighted by atomic mass is 9.98. The van der Waals surface area contributed by atoms with Gasteiger partial charge in [-0.05, 0) is 60.3 Å². The summed E-state index contributed by atoms with van der Waals surface area (Å²) in [6, 6.07) is -1.08. The van der Waals surface area contributed by atoms with Crippen molar-refractivity contribution in [2.75, 3.05) is 0 Å². The second-order valence-electron chi connectivity index (χ2n) is 10.5. The van der Waals surface area contributed by atoms with Crippen LogP contribution >= 0.6 is 0 Å². The Hall–Kier alpha value is -1.46. The Bertz CT molecular complexity index is 729. The van der Waals surface area contributed by atoms with Gasteiger partial charge < -0.3 is 38.8 Å². The number of alkyl carbamates (subject to hydrolysis) is 1. The largest absolute Gasteiger partial charge is 0.462 e. The monoisotopic (exact) mass is 459 g/mol. The van der Waals surface area contributed by atoms with E-state index < -0.39 is 66.3 Å². The Morgan fingerprint density at radius 2 is 1.78 bits per heavy atom. The average molecular weight is 460 g/mol. The van der Waals surface area contributed by atoms with E-state index in [9.17, 15) is 14.7 Å². The minimum Gasteiger partial charge on any atom is -0.462 e. The SMILES string of the molecule is CC(C)(C)OC(=O)N[C@H]1[C@H]2O[C@@H]3OC(C)(C)O[C@@H]3[C@H]2O[C@]1(O)C[14C](=O)OC1CCCCC1. The lowest BCUT2D eigenvalue weighted by Crippen LogP contribution is -2.56. The first-order valence-electron chi connectivity index (χ1n) is 11.5. The minimum absolute atomic E-state index is 0.161. The highest BCUT2D eigenvalue weighted by molar-refractivity contribution is 5.72. The van der Waals surface area contributed by atoms with Crippen molar-refractivity contribution < 1.29 is 43.1 Å². The second kappa shape index (κ2) is 8.39. The summed E-state index contributed by atoms with van der Waals surface area (Å²) in [4.78, 5) is 25.2. The first kappa shape index (κ1) is 23.7. The van der Waals surface area contributed by atoms with Gasteiger partial charge in [0.05, 0.1) is 0 Å². The zero-order valence-electron chi connectivity index (χ0n) is 19.4. The molecule has 0 aromatic carbocycles. The number of aliphatic hydroxyl groups is 1. The number of fused-ring (bicyclic) bond motifs is 3. The molecule has 4 aliphatic rings. The first-order chi connectivity index (χ1) is 14.9. The third-order valence-corrected chi connectivity index (χ3v) is 6.10. The smallest absolute Gasteiger partial charge is 0.408 e. The van der Waals surface area contributed by atoms with Crippen LogP contribution < -0.4 is 5.32 Å². The zero-order chi connectivity index (χ0) is 23.3. The molecule has 4 fully saturated rings. The third kappa shape index (κ3) is 5.04. The topological polar surface area (TPSA) is 122 Å². The fraction of sp³-hybridized carbons (Fsp3) is 0.909. The van der Waals surface area contributed by atoms with Crippen molar-refractivity contribution in [3.8, 4) is 0 Å². The maximum Gasteiger partial charge on any atom is 0.408 e. The van der Waals surface area contributed by atoms with Crippen molar-refractivity contribution in [2.45, 2.75) is 127 Å². The summed E-state index contributed by atoms with van der Waals surface area (Å²) in [6.07, 6.45) is 0.544. The molecule has 2 N–H and O–H groups in total. The molecular weight excluding hydrogens is 424 g/mol. The average Bonchev–Trinajstić information content (AvgIpc) is 3.20. The van der Waals surface area contributed by atoms with Gasteiger partial charge >= 0.3 is 12.1 Å². The highest BCUT2D eigenvalue weighted by Crippen LogP contribution is 2.47. The van der Waals surface area contributed by atoms with E-state index >= 15 is 0 Å². The van der Waals surface area contributed by atoms with Crippen LogP contribution in [0.25, 0.3) is 0 Å². The van der Waals surface area contributed by atoms with Gasteiger partial charge in [-0.3, -0.25) is 4.79 Å². The Balaban J connectivity index is 1.49. The molecular formula is C22H35NO9. The summed E-state index contributed by atoms with van der Waals surface area (Å²) in [5.74, 6) is -3.51.